The zero-order valence-electron chi connectivity index (χ0n) is 18.2. The van der Waals surface area contributed by atoms with Crippen molar-refractivity contribution >= 4 is 39.0 Å². The maximum atomic E-state index is 11.8. The fourth-order valence-corrected chi connectivity index (χ4v) is 6.06. The lowest BCUT2D eigenvalue weighted by atomic mass is 9.96. The van der Waals surface area contributed by atoms with Gasteiger partial charge in [0.2, 0.25) is 6.79 Å². The van der Waals surface area contributed by atoms with Crippen LogP contribution >= 0.6 is 11.8 Å². The molecule has 1 aromatic carbocycles. The van der Waals surface area contributed by atoms with Gasteiger partial charge < -0.3 is 19.8 Å². The van der Waals surface area contributed by atoms with Gasteiger partial charge in [0.25, 0.3) is 10.2 Å². The van der Waals surface area contributed by atoms with Crippen molar-refractivity contribution in [2.45, 2.75) is 35.9 Å². The van der Waals surface area contributed by atoms with Gasteiger partial charge in [-0.3, -0.25) is 0 Å². The molecular weight excluding hydrogens is 478 g/mol. The average molecular weight is 502 g/mol. The molecule has 0 saturated carbocycles. The van der Waals surface area contributed by atoms with E-state index in [0.29, 0.717) is 53.0 Å². The first-order valence-electron chi connectivity index (χ1n) is 10.7. The van der Waals surface area contributed by atoms with E-state index in [2.05, 4.69) is 15.9 Å². The Morgan fingerprint density at radius 1 is 1.26 bits per heavy atom. The normalized spacial score (nSPS) is 18.3. The number of nitrogens with two attached hydrogens (primary N) is 2. The second-order valence-electron chi connectivity index (χ2n) is 8.13. The Balaban J connectivity index is 1.46. The van der Waals surface area contributed by atoms with Crippen LogP contribution in [0.5, 0.6) is 11.5 Å². The molecule has 2 aromatic heterocycles. The minimum Gasteiger partial charge on any atom is -0.454 e. The van der Waals surface area contributed by atoms with Crippen molar-refractivity contribution in [2.24, 2.45) is 11.1 Å². The molecule has 3 aromatic rings. The van der Waals surface area contributed by atoms with Crippen LogP contribution in [0.2, 0.25) is 0 Å². The largest absolute Gasteiger partial charge is 0.454 e. The molecule has 5 rings (SSSR count). The molecule has 1 atom stereocenters. The lowest BCUT2D eigenvalue weighted by Gasteiger charge is -2.30. The molecule has 4 N–H and O–H groups in total. The number of terminal acetylenes is 1. The van der Waals surface area contributed by atoms with Gasteiger partial charge in [-0.25, -0.2) is 20.1 Å². The van der Waals surface area contributed by atoms with Gasteiger partial charge in [0.05, 0.1) is 0 Å². The van der Waals surface area contributed by atoms with Crippen LogP contribution in [0.3, 0.4) is 0 Å². The lowest BCUT2D eigenvalue weighted by Crippen LogP contribution is -2.43. The van der Waals surface area contributed by atoms with Gasteiger partial charge in [0.1, 0.15) is 6.33 Å². The maximum Gasteiger partial charge on any atom is 0.276 e. The van der Waals surface area contributed by atoms with E-state index in [1.165, 1.54) is 22.4 Å². The number of ether oxygens (including phenoxy) is 2. The summed E-state index contributed by atoms with van der Waals surface area (Å²) in [5.41, 5.74) is 7.84. The zero-order valence-corrected chi connectivity index (χ0v) is 19.8. The summed E-state index contributed by atoms with van der Waals surface area (Å²) in [4.78, 5) is 14.0. The second-order valence-corrected chi connectivity index (χ2v) is 10.7. The van der Waals surface area contributed by atoms with Crippen molar-refractivity contribution in [3.05, 3.63) is 24.0 Å². The van der Waals surface area contributed by atoms with E-state index in [-0.39, 0.29) is 18.5 Å². The van der Waals surface area contributed by atoms with Crippen molar-refractivity contribution in [3.8, 4) is 23.8 Å². The molecule has 2 aliphatic rings. The van der Waals surface area contributed by atoms with Gasteiger partial charge in [0, 0.05) is 36.2 Å². The number of fused-ring (bicyclic) bond motifs is 2. The minimum absolute atomic E-state index is 0.148. The molecule has 4 heterocycles. The number of imidazole rings is 1. The van der Waals surface area contributed by atoms with E-state index in [1.807, 2.05) is 10.6 Å². The SMILES string of the molecule is C#Cc1cc2c(cc1Sc1nc3c(N)ncnc3n1CCC1CCCN(S(N)(=O)=O)C1)OCO2. The Bertz CT molecular complexity index is 1400. The summed E-state index contributed by atoms with van der Waals surface area (Å²) in [5, 5.41) is 5.99. The maximum absolute atomic E-state index is 11.8. The molecule has 34 heavy (non-hydrogen) atoms. The molecule has 0 amide bonds. The quantitative estimate of drug-likeness (QED) is 0.480. The zero-order chi connectivity index (χ0) is 23.9. The number of nitrogen functional groups attached to an aromatic ring is 1. The predicted molar refractivity (Wildman–Crippen MR) is 126 cm³/mol. The Labute approximate surface area is 201 Å². The Hall–Kier alpha value is -3.05. The van der Waals surface area contributed by atoms with Crippen LogP contribution in [-0.2, 0) is 16.8 Å². The second kappa shape index (κ2) is 8.95. The van der Waals surface area contributed by atoms with Crippen LogP contribution in [0.25, 0.3) is 11.2 Å². The van der Waals surface area contributed by atoms with E-state index in [0.717, 1.165) is 24.2 Å². The number of piperidine rings is 1. The predicted octanol–water partition coefficient (Wildman–Crippen LogP) is 1.58. The number of nitrogens with zero attached hydrogens (tertiary/aromatic N) is 5. The number of anilines is 1. The van der Waals surface area contributed by atoms with Crippen LogP contribution < -0.4 is 20.3 Å². The first kappa shape index (κ1) is 22.7. The van der Waals surface area contributed by atoms with Crippen molar-refractivity contribution in [3.63, 3.8) is 0 Å². The Morgan fingerprint density at radius 3 is 2.82 bits per heavy atom. The van der Waals surface area contributed by atoms with E-state index in [1.54, 1.807) is 6.07 Å². The minimum atomic E-state index is -3.70. The fourth-order valence-electron chi connectivity index (χ4n) is 4.24. The summed E-state index contributed by atoms with van der Waals surface area (Å²) >= 11 is 1.38. The monoisotopic (exact) mass is 501 g/mol. The van der Waals surface area contributed by atoms with Crippen molar-refractivity contribution < 1.29 is 17.9 Å². The van der Waals surface area contributed by atoms with Crippen LogP contribution in [0.15, 0.2) is 28.5 Å². The lowest BCUT2D eigenvalue weighted by molar-refractivity contribution is 0.174. The van der Waals surface area contributed by atoms with Crippen LogP contribution in [0.1, 0.15) is 24.8 Å². The van der Waals surface area contributed by atoms with Gasteiger partial charge in [-0.2, -0.15) is 12.7 Å². The van der Waals surface area contributed by atoms with Crippen molar-refractivity contribution in [1.29, 1.82) is 0 Å². The van der Waals surface area contributed by atoms with Gasteiger partial charge in [-0.1, -0.05) is 17.7 Å². The molecule has 0 aliphatic carbocycles. The summed E-state index contributed by atoms with van der Waals surface area (Å²) < 4.78 is 37.8. The topological polar surface area (TPSA) is 151 Å². The summed E-state index contributed by atoms with van der Waals surface area (Å²) in [5.74, 6) is 4.36. The summed E-state index contributed by atoms with van der Waals surface area (Å²) in [6.07, 6.45) is 9.56. The van der Waals surface area contributed by atoms with Crippen LogP contribution in [0, 0.1) is 18.3 Å². The van der Waals surface area contributed by atoms with Crippen LogP contribution in [0.4, 0.5) is 5.82 Å². The van der Waals surface area contributed by atoms with Crippen LogP contribution in [-0.4, -0.2) is 52.1 Å². The summed E-state index contributed by atoms with van der Waals surface area (Å²) in [6.45, 7) is 1.56. The first-order valence-corrected chi connectivity index (χ1v) is 13.0. The third-order valence-corrected chi connectivity index (χ3v) is 8.06. The molecule has 1 saturated heterocycles. The van der Waals surface area contributed by atoms with Crippen molar-refractivity contribution in [2.75, 3.05) is 25.6 Å². The van der Waals surface area contributed by atoms with E-state index < -0.39 is 10.2 Å². The molecule has 1 fully saturated rings. The number of hydrogen-bond donors (Lipinski definition) is 2. The van der Waals surface area contributed by atoms with Gasteiger partial charge in [-0.15, -0.1) is 6.42 Å². The Kier molecular flexibility index (Phi) is 5.98. The van der Waals surface area contributed by atoms with Gasteiger partial charge in [-0.05, 0) is 31.2 Å². The molecule has 178 valence electrons. The molecule has 2 aliphatic heterocycles. The number of aromatic nitrogens is 4. The Morgan fingerprint density at radius 2 is 2.06 bits per heavy atom. The molecule has 0 spiro atoms. The average Bonchev–Trinajstić information content (AvgIpc) is 3.41. The highest BCUT2D eigenvalue weighted by Crippen LogP contribution is 2.41. The van der Waals surface area contributed by atoms with E-state index in [9.17, 15) is 8.42 Å². The van der Waals surface area contributed by atoms with E-state index in [4.69, 9.17) is 31.8 Å². The highest BCUT2D eigenvalue weighted by atomic mass is 32.2. The number of rotatable bonds is 6. The molecular formula is C21H23N7O4S2. The van der Waals surface area contributed by atoms with E-state index >= 15 is 0 Å². The van der Waals surface area contributed by atoms with Gasteiger partial charge in [0.15, 0.2) is 33.6 Å². The standard InChI is InChI=1S/C21H23N7O4S2/c1-2-14-8-15-16(32-12-31-15)9-17(14)33-21-26-18-19(22)24-11-25-20(18)28(21)7-5-13-4-3-6-27(10-13)34(23,29)30/h1,8-9,11,13H,3-7,10,12H2,(H2,22,24,25)(H2,23,29,30). The summed E-state index contributed by atoms with van der Waals surface area (Å²) in [6, 6.07) is 3.61. The number of benzene rings is 1. The highest BCUT2D eigenvalue weighted by Gasteiger charge is 2.27. The third kappa shape index (κ3) is 4.37. The highest BCUT2D eigenvalue weighted by molar-refractivity contribution is 7.99. The fraction of sp³-hybridized carbons (Fsp3) is 0.381. The summed E-state index contributed by atoms with van der Waals surface area (Å²) in [7, 11) is -3.70. The molecule has 0 bridgehead atoms. The van der Waals surface area contributed by atoms with Crippen molar-refractivity contribution in [1.82, 2.24) is 23.8 Å². The number of hydrogen-bond acceptors (Lipinski definition) is 9. The molecule has 11 nitrogen and oxygen atoms in total. The third-order valence-electron chi connectivity index (χ3n) is 5.96. The first-order chi connectivity index (χ1) is 16.3. The molecule has 0 radical (unpaired) electrons. The van der Waals surface area contributed by atoms with Gasteiger partial charge >= 0.3 is 0 Å². The molecule has 1 unspecified atom stereocenters. The smallest absolute Gasteiger partial charge is 0.276 e. The number of aryl methyl sites for hydroxylation is 1. The molecule has 13 heteroatoms.